The highest BCUT2D eigenvalue weighted by atomic mass is 19.2. The van der Waals surface area contributed by atoms with Gasteiger partial charge >= 0.3 is 11.8 Å². The monoisotopic (exact) mass is 551 g/mol. The van der Waals surface area contributed by atoms with Crippen LogP contribution in [-0.4, -0.2) is 55.8 Å². The Labute approximate surface area is 229 Å². The number of halogens is 2. The number of aliphatic hydroxyl groups is 1. The van der Waals surface area contributed by atoms with Gasteiger partial charge in [0, 0.05) is 38.6 Å². The van der Waals surface area contributed by atoms with E-state index in [1.54, 1.807) is 40.1 Å². The molecular formula is C29H31F2N5O4. The van der Waals surface area contributed by atoms with Gasteiger partial charge in [-0.3, -0.25) is 14.5 Å². The van der Waals surface area contributed by atoms with Gasteiger partial charge in [-0.05, 0) is 73.4 Å². The molecule has 0 spiro atoms. The summed E-state index contributed by atoms with van der Waals surface area (Å²) in [6.45, 7) is 0.892. The molecule has 0 bridgehead atoms. The van der Waals surface area contributed by atoms with Crippen LogP contribution in [0.4, 0.5) is 13.6 Å². The molecule has 2 N–H and O–H groups in total. The number of aliphatic hydroxyl groups excluding tert-OH is 1. The number of hydrogen-bond donors (Lipinski definition) is 2. The molecular weight excluding hydrogens is 520 g/mol. The van der Waals surface area contributed by atoms with E-state index >= 15 is 0 Å². The number of carbonyl (C=O) groups is 1. The van der Waals surface area contributed by atoms with Crippen LogP contribution >= 0.6 is 0 Å². The maximum Gasteiger partial charge on any atom is 0.410 e. The van der Waals surface area contributed by atoms with Crippen molar-refractivity contribution in [2.45, 2.75) is 50.2 Å². The summed E-state index contributed by atoms with van der Waals surface area (Å²) in [6.07, 6.45) is 4.94. The number of piperidine rings is 1. The highest BCUT2D eigenvalue weighted by molar-refractivity contribution is 5.70. The van der Waals surface area contributed by atoms with Gasteiger partial charge in [0.1, 0.15) is 6.10 Å². The number of nitrogens with zero attached hydrogens (tertiary/aromatic N) is 4. The van der Waals surface area contributed by atoms with Crippen molar-refractivity contribution < 1.29 is 23.4 Å². The number of rotatable bonds is 3. The minimum absolute atomic E-state index is 0.0494. The molecule has 6 rings (SSSR count). The standard InChI is InChI=1S/C28H27F2N5O3.CH4O/c29-21-6-1-5-20(24(21)30)17-8-9-23(25-18(16-17)4-2-12-31-25)38-28(37)34-14-10-19(11-15-34)35-22-7-3-13-32-26(22)33-27(35)36;1-2/h1-7,12-13,17,19,23H,8-11,14-16H2,(H,32,33,36);2H,1H3/t17-,23-;/m1./s1. The molecule has 1 aromatic carbocycles. The van der Waals surface area contributed by atoms with Crippen LogP contribution in [0.5, 0.6) is 0 Å². The number of aromatic amines is 1. The number of carbonyl (C=O) groups excluding carboxylic acids is 1. The molecule has 4 heterocycles. The maximum atomic E-state index is 14.6. The van der Waals surface area contributed by atoms with Crippen molar-refractivity contribution >= 4 is 17.3 Å². The van der Waals surface area contributed by atoms with Gasteiger partial charge < -0.3 is 14.7 Å². The molecule has 2 aliphatic rings. The average molecular weight is 552 g/mol. The maximum absolute atomic E-state index is 14.6. The molecule has 0 radical (unpaired) electrons. The zero-order chi connectivity index (χ0) is 28.2. The molecule has 2 atom stereocenters. The number of imidazole rings is 1. The Kier molecular flexibility index (Phi) is 8.20. The second-order valence-corrected chi connectivity index (χ2v) is 9.93. The lowest BCUT2D eigenvalue weighted by atomic mass is 9.90. The predicted molar refractivity (Wildman–Crippen MR) is 144 cm³/mol. The Hall–Kier alpha value is -4.12. The van der Waals surface area contributed by atoms with Crippen LogP contribution in [0.2, 0.25) is 0 Å². The molecule has 40 heavy (non-hydrogen) atoms. The van der Waals surface area contributed by atoms with Gasteiger partial charge in [-0.1, -0.05) is 18.2 Å². The van der Waals surface area contributed by atoms with Crippen molar-refractivity contribution in [3.63, 3.8) is 0 Å². The van der Waals surface area contributed by atoms with Gasteiger partial charge in [0.25, 0.3) is 0 Å². The number of benzene rings is 1. The lowest BCUT2D eigenvalue weighted by molar-refractivity contribution is 0.0473. The van der Waals surface area contributed by atoms with E-state index in [1.165, 1.54) is 6.07 Å². The van der Waals surface area contributed by atoms with Crippen LogP contribution in [-0.2, 0) is 11.2 Å². The molecule has 1 aliphatic carbocycles. The van der Waals surface area contributed by atoms with Gasteiger partial charge in [-0.2, -0.15) is 0 Å². The minimum atomic E-state index is -0.865. The fourth-order valence-corrected chi connectivity index (χ4v) is 5.81. The van der Waals surface area contributed by atoms with Gasteiger partial charge in [0.15, 0.2) is 17.3 Å². The van der Waals surface area contributed by atoms with Crippen molar-refractivity contribution in [2.24, 2.45) is 0 Å². The van der Waals surface area contributed by atoms with Gasteiger partial charge in [-0.25, -0.2) is 23.4 Å². The number of amides is 1. The summed E-state index contributed by atoms with van der Waals surface area (Å²) in [6, 6.07) is 11.6. The number of H-pyrrole nitrogens is 1. The highest BCUT2D eigenvalue weighted by Gasteiger charge is 2.33. The topological polar surface area (TPSA) is 113 Å². The number of ether oxygens (including phenoxy) is 1. The Morgan fingerprint density at radius 2 is 1.75 bits per heavy atom. The van der Waals surface area contributed by atoms with Crippen molar-refractivity contribution in [1.82, 2.24) is 24.4 Å². The van der Waals surface area contributed by atoms with E-state index in [4.69, 9.17) is 9.84 Å². The van der Waals surface area contributed by atoms with Gasteiger partial charge in [0.2, 0.25) is 0 Å². The van der Waals surface area contributed by atoms with E-state index < -0.39 is 23.8 Å². The number of fused-ring (bicyclic) bond motifs is 2. The SMILES string of the molecule is CO.O=C(O[C@@H]1CC[C@@H](c2cccc(F)c2F)Cc2cccnc21)N1CCC(n2c(=O)[nH]c3ncccc32)CC1. The molecule has 0 saturated carbocycles. The van der Waals surface area contributed by atoms with E-state index in [2.05, 4.69) is 15.0 Å². The van der Waals surface area contributed by atoms with Crippen molar-refractivity contribution in [2.75, 3.05) is 20.2 Å². The summed E-state index contributed by atoms with van der Waals surface area (Å²) in [5, 5.41) is 7.00. The molecule has 210 valence electrons. The summed E-state index contributed by atoms with van der Waals surface area (Å²) in [5.74, 6) is -1.95. The summed E-state index contributed by atoms with van der Waals surface area (Å²) < 4.78 is 36.2. The minimum Gasteiger partial charge on any atom is -0.440 e. The Balaban J connectivity index is 0.00000158. The lowest BCUT2D eigenvalue weighted by Crippen LogP contribution is -2.41. The zero-order valence-electron chi connectivity index (χ0n) is 22.1. The Morgan fingerprint density at radius 3 is 2.55 bits per heavy atom. The summed E-state index contributed by atoms with van der Waals surface area (Å²) in [4.78, 5) is 38.9. The third-order valence-electron chi connectivity index (χ3n) is 7.72. The van der Waals surface area contributed by atoms with Crippen LogP contribution < -0.4 is 5.69 Å². The van der Waals surface area contributed by atoms with Crippen LogP contribution in [0.15, 0.2) is 59.7 Å². The highest BCUT2D eigenvalue weighted by Crippen LogP contribution is 2.38. The van der Waals surface area contributed by atoms with Crippen LogP contribution in [0.25, 0.3) is 11.2 Å². The third kappa shape index (κ3) is 5.33. The molecule has 4 aromatic rings. The second kappa shape index (κ2) is 12.0. The number of hydrogen-bond acceptors (Lipinski definition) is 6. The molecule has 0 unspecified atom stereocenters. The Bertz CT molecular complexity index is 1550. The largest absolute Gasteiger partial charge is 0.440 e. The molecule has 3 aromatic heterocycles. The Morgan fingerprint density at radius 1 is 1.00 bits per heavy atom. The quantitative estimate of drug-likeness (QED) is 0.359. The summed E-state index contributed by atoms with van der Waals surface area (Å²) in [7, 11) is 1.00. The van der Waals surface area contributed by atoms with Crippen molar-refractivity contribution in [3.05, 3.63) is 93.8 Å². The van der Waals surface area contributed by atoms with Crippen molar-refractivity contribution in [3.8, 4) is 0 Å². The molecule has 1 fully saturated rings. The van der Waals surface area contributed by atoms with E-state index in [0.29, 0.717) is 62.1 Å². The van der Waals surface area contributed by atoms with Crippen molar-refractivity contribution in [1.29, 1.82) is 0 Å². The number of aromatic nitrogens is 4. The van der Waals surface area contributed by atoms with Crippen LogP contribution in [0.1, 0.15) is 60.6 Å². The first-order valence-corrected chi connectivity index (χ1v) is 13.3. The lowest BCUT2D eigenvalue weighted by Gasteiger charge is -2.33. The fourth-order valence-electron chi connectivity index (χ4n) is 5.81. The first kappa shape index (κ1) is 27.4. The predicted octanol–water partition coefficient (Wildman–Crippen LogP) is 4.64. The first-order valence-electron chi connectivity index (χ1n) is 13.3. The molecule has 11 heteroatoms. The molecule has 1 aliphatic heterocycles. The molecule has 9 nitrogen and oxygen atoms in total. The normalized spacial score (nSPS) is 19.4. The van der Waals surface area contributed by atoms with E-state index in [0.717, 1.165) is 24.3 Å². The first-order chi connectivity index (χ1) is 19.5. The summed E-state index contributed by atoms with van der Waals surface area (Å²) >= 11 is 0. The number of pyridine rings is 2. The number of nitrogens with one attached hydrogen (secondary N) is 1. The van der Waals surface area contributed by atoms with E-state index in [9.17, 15) is 18.4 Å². The zero-order valence-corrected chi connectivity index (χ0v) is 22.1. The van der Waals surface area contributed by atoms with E-state index in [1.807, 2.05) is 12.1 Å². The molecule has 1 saturated heterocycles. The molecule has 1 amide bonds. The van der Waals surface area contributed by atoms with Crippen LogP contribution in [0.3, 0.4) is 0 Å². The fraction of sp³-hybridized carbons (Fsp3) is 0.379. The summed E-state index contributed by atoms with van der Waals surface area (Å²) in [5.41, 5.74) is 2.95. The van der Waals surface area contributed by atoms with E-state index in [-0.39, 0.29) is 17.6 Å². The third-order valence-corrected chi connectivity index (χ3v) is 7.72. The number of likely N-dealkylation sites (tertiary alicyclic amines) is 1. The van der Waals surface area contributed by atoms with Crippen LogP contribution in [0, 0.1) is 11.6 Å². The average Bonchev–Trinajstić information content (AvgIpc) is 3.22. The van der Waals surface area contributed by atoms with Gasteiger partial charge in [0.05, 0.1) is 11.2 Å². The van der Waals surface area contributed by atoms with Gasteiger partial charge in [-0.15, -0.1) is 0 Å². The smallest absolute Gasteiger partial charge is 0.410 e. The second-order valence-electron chi connectivity index (χ2n) is 9.93.